The van der Waals surface area contributed by atoms with E-state index in [2.05, 4.69) is 94.0 Å². The molecule has 0 nitrogen and oxygen atoms in total. The van der Waals surface area contributed by atoms with Gasteiger partial charge in [-0.15, -0.1) is 6.58 Å². The van der Waals surface area contributed by atoms with Crippen molar-refractivity contribution in [3.63, 3.8) is 0 Å². The van der Waals surface area contributed by atoms with Gasteiger partial charge in [-0.05, 0) is 53.3 Å². The molecule has 0 aliphatic heterocycles. The number of rotatable bonds is 14. The summed E-state index contributed by atoms with van der Waals surface area (Å²) < 4.78 is 0. The fourth-order valence-corrected chi connectivity index (χ4v) is 4.31. The summed E-state index contributed by atoms with van der Waals surface area (Å²) >= 11 is 0. The van der Waals surface area contributed by atoms with Crippen molar-refractivity contribution in [1.29, 1.82) is 0 Å². The first-order chi connectivity index (χ1) is 12.4. The molecule has 0 radical (unpaired) electrons. The van der Waals surface area contributed by atoms with E-state index in [1.54, 1.807) is 0 Å². The van der Waals surface area contributed by atoms with Crippen LogP contribution in [0.3, 0.4) is 0 Å². The van der Waals surface area contributed by atoms with Gasteiger partial charge in [-0.25, -0.2) is 0 Å². The van der Waals surface area contributed by atoms with Gasteiger partial charge >= 0.3 is 0 Å². The molecule has 27 heavy (non-hydrogen) atoms. The zero-order valence-electron chi connectivity index (χ0n) is 20.7. The lowest BCUT2D eigenvalue weighted by Crippen LogP contribution is -2.40. The Hall–Kier alpha value is -0.520. The van der Waals surface area contributed by atoms with E-state index in [0.29, 0.717) is 27.6 Å². The van der Waals surface area contributed by atoms with Crippen LogP contribution in [0.25, 0.3) is 0 Å². The van der Waals surface area contributed by atoms with Crippen molar-refractivity contribution in [3.05, 3.63) is 24.8 Å². The van der Waals surface area contributed by atoms with Crippen LogP contribution in [0.2, 0.25) is 0 Å². The molecule has 0 heteroatoms. The largest absolute Gasteiger partial charge is 0.103 e. The average molecular weight is 377 g/mol. The second-order valence-electron chi connectivity index (χ2n) is 10.6. The molecule has 0 aromatic heterocycles. The first-order valence-corrected chi connectivity index (χ1v) is 11.7. The normalized spacial score (nSPS) is 18.9. The Kier molecular flexibility index (Phi) is 10.7. The van der Waals surface area contributed by atoms with E-state index in [1.165, 1.54) is 51.4 Å². The van der Waals surface area contributed by atoms with Gasteiger partial charge in [0.2, 0.25) is 0 Å². The molecule has 0 rings (SSSR count). The van der Waals surface area contributed by atoms with Gasteiger partial charge in [-0.1, -0.05) is 113 Å². The number of allylic oxidation sites excluding steroid dienone is 3. The van der Waals surface area contributed by atoms with Gasteiger partial charge < -0.3 is 0 Å². The van der Waals surface area contributed by atoms with Crippen molar-refractivity contribution in [2.75, 3.05) is 0 Å². The smallest absolute Gasteiger partial charge is 0.0180 e. The molecule has 0 fully saturated rings. The van der Waals surface area contributed by atoms with Crippen LogP contribution in [0.1, 0.15) is 121 Å². The molecule has 0 saturated heterocycles. The van der Waals surface area contributed by atoms with Crippen molar-refractivity contribution >= 4 is 0 Å². The average Bonchev–Trinajstić information content (AvgIpc) is 2.68. The Morgan fingerprint density at radius 3 is 1.52 bits per heavy atom. The summed E-state index contributed by atoms with van der Waals surface area (Å²) in [7, 11) is 0. The third kappa shape index (κ3) is 6.79. The Morgan fingerprint density at radius 1 is 0.667 bits per heavy atom. The second kappa shape index (κ2) is 10.9. The van der Waals surface area contributed by atoms with Gasteiger partial charge in [-0.2, -0.15) is 0 Å². The minimum absolute atomic E-state index is 0.326. The highest BCUT2D eigenvalue weighted by Crippen LogP contribution is 2.53. The first-order valence-electron chi connectivity index (χ1n) is 11.7. The first kappa shape index (κ1) is 26.5. The maximum atomic E-state index is 4.21. The number of hydrogen-bond donors (Lipinski definition) is 0. The topological polar surface area (TPSA) is 0 Å². The van der Waals surface area contributed by atoms with Crippen LogP contribution in [0, 0.1) is 27.6 Å². The molecule has 3 atom stereocenters. The van der Waals surface area contributed by atoms with Crippen molar-refractivity contribution in [2.24, 2.45) is 27.6 Å². The van der Waals surface area contributed by atoms with Crippen LogP contribution in [0.15, 0.2) is 24.8 Å². The molecular weight excluding hydrogens is 324 g/mol. The highest BCUT2D eigenvalue weighted by Gasteiger charge is 2.44. The molecule has 0 amide bonds. The van der Waals surface area contributed by atoms with Crippen molar-refractivity contribution in [3.8, 4) is 0 Å². The van der Waals surface area contributed by atoms with Crippen LogP contribution in [0.4, 0.5) is 0 Å². The standard InChI is InChI=1S/C27H52/c1-12-23(24(7,8)13-2)22-27(11,17-6)26(10,16-5)21-19-18-20-25(9,14-3)15-4/h12,18-19,23H,1,13-17,20-22H2,2-11H3. The lowest BCUT2D eigenvalue weighted by Gasteiger charge is -2.49. The molecule has 3 unspecified atom stereocenters. The van der Waals surface area contributed by atoms with Gasteiger partial charge in [0.1, 0.15) is 0 Å². The van der Waals surface area contributed by atoms with E-state index >= 15 is 0 Å². The van der Waals surface area contributed by atoms with Crippen molar-refractivity contribution in [2.45, 2.75) is 121 Å². The summed E-state index contributed by atoms with van der Waals surface area (Å²) in [5, 5.41) is 0. The highest BCUT2D eigenvalue weighted by molar-refractivity contribution is 5.02. The predicted molar refractivity (Wildman–Crippen MR) is 126 cm³/mol. The molecule has 0 aromatic carbocycles. The highest BCUT2D eigenvalue weighted by atomic mass is 14.5. The van der Waals surface area contributed by atoms with Gasteiger partial charge in [0.25, 0.3) is 0 Å². The molecule has 160 valence electrons. The zero-order valence-corrected chi connectivity index (χ0v) is 20.7. The Balaban J connectivity index is 5.42. The minimum atomic E-state index is 0.326. The van der Waals surface area contributed by atoms with Crippen molar-refractivity contribution in [1.82, 2.24) is 0 Å². The van der Waals surface area contributed by atoms with E-state index in [1.807, 2.05) is 0 Å². The lowest BCUT2D eigenvalue weighted by molar-refractivity contribution is 0.0205. The van der Waals surface area contributed by atoms with E-state index in [9.17, 15) is 0 Å². The summed E-state index contributed by atoms with van der Waals surface area (Å²) in [6, 6.07) is 0. The summed E-state index contributed by atoms with van der Waals surface area (Å²) in [5.74, 6) is 0.575. The summed E-state index contributed by atoms with van der Waals surface area (Å²) in [6.45, 7) is 28.3. The monoisotopic (exact) mass is 376 g/mol. The molecule has 0 N–H and O–H groups in total. The Morgan fingerprint density at radius 2 is 1.15 bits per heavy atom. The van der Waals surface area contributed by atoms with E-state index in [-0.39, 0.29) is 0 Å². The number of hydrogen-bond acceptors (Lipinski definition) is 0. The third-order valence-corrected chi connectivity index (χ3v) is 8.94. The Labute approximate surface area is 173 Å². The lowest BCUT2D eigenvalue weighted by atomic mass is 9.55. The molecule has 0 saturated carbocycles. The maximum absolute atomic E-state index is 4.21. The van der Waals surface area contributed by atoms with E-state index in [4.69, 9.17) is 0 Å². The molecule has 0 bridgehead atoms. The predicted octanol–water partition coefficient (Wildman–Crippen LogP) is 9.61. The zero-order chi connectivity index (χ0) is 21.4. The van der Waals surface area contributed by atoms with Crippen LogP contribution in [0.5, 0.6) is 0 Å². The molecule has 0 spiro atoms. The second-order valence-corrected chi connectivity index (χ2v) is 10.6. The third-order valence-electron chi connectivity index (χ3n) is 8.94. The van der Waals surface area contributed by atoms with Crippen LogP contribution >= 0.6 is 0 Å². The SMILES string of the molecule is C=CC(CC(C)(CC)C(C)(CC)CC=CCC(C)(CC)CC)C(C)(C)CC. The molecule has 0 aliphatic rings. The summed E-state index contributed by atoms with van der Waals surface area (Å²) in [5.41, 5.74) is 1.45. The quantitative estimate of drug-likeness (QED) is 0.265. The van der Waals surface area contributed by atoms with Crippen molar-refractivity contribution < 1.29 is 0 Å². The summed E-state index contributed by atoms with van der Waals surface area (Å²) in [4.78, 5) is 0. The van der Waals surface area contributed by atoms with Crippen LogP contribution in [-0.4, -0.2) is 0 Å². The van der Waals surface area contributed by atoms with Gasteiger partial charge in [-0.3, -0.25) is 0 Å². The molecule has 0 aromatic rings. The maximum Gasteiger partial charge on any atom is -0.0180 e. The fourth-order valence-electron chi connectivity index (χ4n) is 4.31. The Bertz CT molecular complexity index is 451. The minimum Gasteiger partial charge on any atom is -0.103 e. The fraction of sp³-hybridized carbons (Fsp3) is 0.852. The van der Waals surface area contributed by atoms with Gasteiger partial charge in [0, 0.05) is 0 Å². The van der Waals surface area contributed by atoms with Gasteiger partial charge in [0.15, 0.2) is 0 Å². The summed E-state index contributed by atoms with van der Waals surface area (Å²) in [6.07, 6.45) is 17.0. The van der Waals surface area contributed by atoms with E-state index in [0.717, 1.165) is 0 Å². The van der Waals surface area contributed by atoms with Crippen LogP contribution in [-0.2, 0) is 0 Å². The molecular formula is C27H52. The van der Waals surface area contributed by atoms with Crippen LogP contribution < -0.4 is 0 Å². The van der Waals surface area contributed by atoms with Gasteiger partial charge in [0.05, 0.1) is 0 Å². The molecule has 0 heterocycles. The molecule has 0 aliphatic carbocycles. The van der Waals surface area contributed by atoms with E-state index < -0.39 is 0 Å².